The highest BCUT2D eigenvalue weighted by Gasteiger charge is 2.52. The molecule has 11 heteroatoms. The lowest BCUT2D eigenvalue weighted by molar-refractivity contribution is -0.134. The molecule has 0 radical (unpaired) electrons. The summed E-state index contributed by atoms with van der Waals surface area (Å²) in [6, 6.07) is 7.08. The lowest BCUT2D eigenvalue weighted by atomic mass is 9.72. The molecule has 0 spiro atoms. The lowest BCUT2D eigenvalue weighted by Gasteiger charge is -2.40. The molecule has 1 aliphatic carbocycles. The van der Waals surface area contributed by atoms with Crippen molar-refractivity contribution in [1.29, 1.82) is 0 Å². The Labute approximate surface area is 221 Å². The number of carbonyl (C=O) groups excluding carboxylic acids is 2. The number of rotatable bonds is 4. The lowest BCUT2D eigenvalue weighted by Crippen LogP contribution is -2.51. The normalized spacial score (nSPS) is 28.6. The van der Waals surface area contributed by atoms with Gasteiger partial charge in [-0.25, -0.2) is 9.92 Å². The van der Waals surface area contributed by atoms with E-state index in [1.54, 1.807) is 6.07 Å². The van der Waals surface area contributed by atoms with E-state index in [1.165, 1.54) is 17.2 Å². The summed E-state index contributed by atoms with van der Waals surface area (Å²) in [5.74, 6) is -1.93. The molecule has 38 heavy (non-hydrogen) atoms. The van der Waals surface area contributed by atoms with Gasteiger partial charge in [0.05, 0.1) is 23.4 Å². The standard InChI is InChI=1S/C27H33BFN3O6/c1-26(2)27(3,4)38-28(37-26)17-6-5-7-19(14-17)32-21-12-13-31(29)15-20(21)23(33)22(24(32)34)16-8-10-18(11-9-16)30-25(35)36/h5-7,12-14,16,18,22,30H,8-11,15H2,1-4H3,(H,35,36). The largest absolute Gasteiger partial charge is 0.494 e. The molecule has 1 atom stereocenters. The third-order valence-corrected chi connectivity index (χ3v) is 8.54. The van der Waals surface area contributed by atoms with Crippen molar-refractivity contribution in [3.05, 3.63) is 47.8 Å². The molecule has 1 saturated carbocycles. The molecule has 1 aromatic carbocycles. The van der Waals surface area contributed by atoms with Gasteiger partial charge in [0.15, 0.2) is 5.78 Å². The zero-order chi connectivity index (χ0) is 27.4. The number of benzene rings is 1. The van der Waals surface area contributed by atoms with Crippen LogP contribution < -0.4 is 15.7 Å². The fraction of sp³-hybridized carbons (Fsp3) is 0.519. The van der Waals surface area contributed by atoms with E-state index in [2.05, 4.69) is 5.32 Å². The number of nitrogens with zero attached hydrogens (tertiary/aromatic N) is 2. The zero-order valence-electron chi connectivity index (χ0n) is 22.1. The molecule has 2 N–H and O–H groups in total. The summed E-state index contributed by atoms with van der Waals surface area (Å²) in [4.78, 5) is 40.2. The van der Waals surface area contributed by atoms with Crippen LogP contribution in [0.3, 0.4) is 0 Å². The summed E-state index contributed by atoms with van der Waals surface area (Å²) in [5, 5.41) is 12.0. The molecular weight excluding hydrogens is 492 g/mol. The molecule has 202 valence electrons. The molecule has 2 fully saturated rings. The summed E-state index contributed by atoms with van der Waals surface area (Å²) >= 11 is 0. The zero-order valence-corrected chi connectivity index (χ0v) is 22.1. The predicted molar refractivity (Wildman–Crippen MR) is 139 cm³/mol. The average molecular weight is 525 g/mol. The predicted octanol–water partition coefficient (Wildman–Crippen LogP) is 3.31. The van der Waals surface area contributed by atoms with Crippen LogP contribution >= 0.6 is 0 Å². The molecule has 0 bridgehead atoms. The second-order valence-electron chi connectivity index (χ2n) is 11.5. The molecular formula is C27H33BFN3O6. The van der Waals surface area contributed by atoms with Gasteiger partial charge in [0, 0.05) is 23.5 Å². The third kappa shape index (κ3) is 4.62. The summed E-state index contributed by atoms with van der Waals surface area (Å²) in [6.07, 6.45) is 3.70. The molecule has 2 amide bonds. The molecule has 3 heterocycles. The van der Waals surface area contributed by atoms with Gasteiger partial charge >= 0.3 is 13.2 Å². The van der Waals surface area contributed by atoms with Crippen molar-refractivity contribution >= 4 is 36.1 Å². The first-order chi connectivity index (χ1) is 17.9. The van der Waals surface area contributed by atoms with Crippen LogP contribution in [0.25, 0.3) is 0 Å². The van der Waals surface area contributed by atoms with Crippen molar-refractivity contribution < 1.29 is 33.3 Å². The maximum Gasteiger partial charge on any atom is 0.494 e. The van der Waals surface area contributed by atoms with Crippen molar-refractivity contribution in [1.82, 2.24) is 10.4 Å². The van der Waals surface area contributed by atoms with Crippen LogP contribution in [-0.2, 0) is 18.9 Å². The number of hydrogen-bond donors (Lipinski definition) is 2. The van der Waals surface area contributed by atoms with Crippen molar-refractivity contribution in [3.8, 4) is 0 Å². The summed E-state index contributed by atoms with van der Waals surface area (Å²) < 4.78 is 26.7. The monoisotopic (exact) mass is 525 g/mol. The van der Waals surface area contributed by atoms with Crippen LogP contribution in [0.5, 0.6) is 0 Å². The molecule has 3 aliphatic heterocycles. The Morgan fingerprint density at radius 3 is 2.39 bits per heavy atom. The highest BCUT2D eigenvalue weighted by atomic mass is 19.2. The minimum Gasteiger partial charge on any atom is -0.465 e. The van der Waals surface area contributed by atoms with Gasteiger partial charge in [-0.3, -0.25) is 14.5 Å². The molecule has 9 nitrogen and oxygen atoms in total. The van der Waals surface area contributed by atoms with Crippen molar-refractivity contribution in [3.63, 3.8) is 0 Å². The van der Waals surface area contributed by atoms with E-state index in [0.717, 1.165) is 5.46 Å². The fourth-order valence-corrected chi connectivity index (χ4v) is 5.75. The number of hydrogen-bond acceptors (Lipinski definition) is 6. The summed E-state index contributed by atoms with van der Waals surface area (Å²) in [5.41, 5.74) is 0.839. The fourth-order valence-electron chi connectivity index (χ4n) is 5.75. The number of nitrogens with one attached hydrogen (secondary N) is 1. The van der Waals surface area contributed by atoms with Gasteiger partial charge in [0.2, 0.25) is 5.91 Å². The first-order valence-electron chi connectivity index (χ1n) is 13.0. The molecule has 4 aliphatic rings. The van der Waals surface area contributed by atoms with Crippen LogP contribution in [0.1, 0.15) is 53.4 Å². The average Bonchev–Trinajstić information content (AvgIpc) is 3.07. The van der Waals surface area contributed by atoms with Crippen molar-refractivity contribution in [2.45, 2.75) is 70.6 Å². The maximum absolute atomic E-state index is 14.3. The maximum atomic E-state index is 14.3. The van der Waals surface area contributed by atoms with E-state index in [9.17, 15) is 18.9 Å². The second kappa shape index (κ2) is 9.53. The van der Waals surface area contributed by atoms with Crippen LogP contribution in [0.4, 0.5) is 15.0 Å². The number of carboxylic acid groups (broad SMARTS) is 1. The Hall–Kier alpha value is -3.18. The molecule has 1 unspecified atom stereocenters. The van der Waals surface area contributed by atoms with Gasteiger partial charge < -0.3 is 19.7 Å². The Balaban J connectivity index is 1.47. The SMILES string of the molecule is CC1(C)OB(c2cccc(N3C(=O)C(C4CCC(NC(=O)O)CC4)C(=O)C4=C3C=CN(F)C4)c2)OC1(C)C. The number of allylic oxidation sites excluding steroid dienone is 1. The molecule has 1 aromatic rings. The van der Waals surface area contributed by atoms with Crippen molar-refractivity contribution in [2.75, 3.05) is 11.4 Å². The van der Waals surface area contributed by atoms with E-state index in [4.69, 9.17) is 14.4 Å². The van der Waals surface area contributed by atoms with Crippen LogP contribution in [0, 0.1) is 11.8 Å². The number of halogens is 1. The summed E-state index contributed by atoms with van der Waals surface area (Å²) in [7, 11) is -0.633. The van der Waals surface area contributed by atoms with Crippen LogP contribution in [-0.4, -0.2) is 58.9 Å². The highest BCUT2D eigenvalue weighted by molar-refractivity contribution is 6.62. The minimum atomic E-state index is -1.09. The minimum absolute atomic E-state index is 0.209. The van der Waals surface area contributed by atoms with E-state index >= 15 is 0 Å². The van der Waals surface area contributed by atoms with Crippen LogP contribution in [0.15, 0.2) is 47.8 Å². The van der Waals surface area contributed by atoms with Gasteiger partial charge in [-0.1, -0.05) is 12.1 Å². The number of ketones is 1. The number of carbonyl (C=O) groups is 3. The Morgan fingerprint density at radius 1 is 1.11 bits per heavy atom. The first-order valence-corrected chi connectivity index (χ1v) is 13.0. The molecule has 5 rings (SSSR count). The third-order valence-electron chi connectivity index (χ3n) is 8.54. The van der Waals surface area contributed by atoms with Gasteiger partial charge in [0.1, 0.15) is 5.92 Å². The smallest absolute Gasteiger partial charge is 0.465 e. The number of anilines is 1. The van der Waals surface area contributed by atoms with Gasteiger partial charge in [0.25, 0.3) is 0 Å². The van der Waals surface area contributed by atoms with E-state index in [1.807, 2.05) is 45.9 Å². The van der Waals surface area contributed by atoms with E-state index in [0.29, 0.717) is 42.2 Å². The first kappa shape index (κ1) is 26.4. The Kier molecular flexibility index (Phi) is 6.63. The van der Waals surface area contributed by atoms with Crippen LogP contribution in [0.2, 0.25) is 0 Å². The van der Waals surface area contributed by atoms with Gasteiger partial charge in [-0.05, 0) is 83.0 Å². The number of amides is 2. The highest BCUT2D eigenvalue weighted by Crippen LogP contribution is 2.41. The topological polar surface area (TPSA) is 108 Å². The quantitative estimate of drug-likeness (QED) is 0.353. The Morgan fingerprint density at radius 2 is 1.76 bits per heavy atom. The number of Topliss-reactive ketones (excluding diaryl/α,β-unsaturated/α-hetero) is 1. The van der Waals surface area contributed by atoms with E-state index in [-0.39, 0.29) is 35.8 Å². The van der Waals surface area contributed by atoms with Gasteiger partial charge in [-0.2, -0.15) is 0 Å². The van der Waals surface area contributed by atoms with Gasteiger partial charge in [-0.15, -0.1) is 4.48 Å². The second-order valence-corrected chi connectivity index (χ2v) is 11.5. The summed E-state index contributed by atoms with van der Waals surface area (Å²) in [6.45, 7) is 7.63. The van der Waals surface area contributed by atoms with E-state index < -0.39 is 30.3 Å². The molecule has 1 saturated heterocycles. The van der Waals surface area contributed by atoms with Crippen molar-refractivity contribution in [2.24, 2.45) is 11.8 Å². The molecule has 0 aromatic heterocycles. The Bertz CT molecular complexity index is 1210.